The van der Waals surface area contributed by atoms with E-state index in [4.69, 9.17) is 4.74 Å². The van der Waals surface area contributed by atoms with Crippen LogP contribution in [0.15, 0.2) is 18.2 Å². The van der Waals surface area contributed by atoms with Crippen LogP contribution in [0.5, 0.6) is 0 Å². The number of carbonyl (C=O) groups is 1. The Morgan fingerprint density at radius 1 is 1.37 bits per heavy atom. The van der Waals surface area contributed by atoms with Crippen LogP contribution in [0.4, 0.5) is 16.3 Å². The van der Waals surface area contributed by atoms with Crippen LogP contribution in [0.2, 0.25) is 0 Å². The van der Waals surface area contributed by atoms with Gasteiger partial charge in [-0.1, -0.05) is 6.08 Å². The minimum atomic E-state index is -0.503. The number of rotatable bonds is 4. The molecule has 0 aliphatic carbocycles. The molecule has 0 N–H and O–H groups in total. The number of hydrogen-bond acceptors (Lipinski definition) is 6. The molecule has 1 aromatic heterocycles. The molecule has 148 valence electrons. The van der Waals surface area contributed by atoms with Gasteiger partial charge in [0.05, 0.1) is 4.92 Å². The molecule has 1 amide bonds. The lowest BCUT2D eigenvalue weighted by Gasteiger charge is -2.37. The molecule has 0 unspecified atom stereocenters. The summed E-state index contributed by atoms with van der Waals surface area (Å²) in [5.41, 5.74) is -0.167. The van der Waals surface area contributed by atoms with Gasteiger partial charge in [-0.3, -0.25) is 10.1 Å². The van der Waals surface area contributed by atoms with Gasteiger partial charge in [0.15, 0.2) is 0 Å². The Kier molecular flexibility index (Phi) is 6.41. The maximum atomic E-state index is 12.2. The van der Waals surface area contributed by atoms with Crippen molar-refractivity contribution in [3.05, 3.63) is 34.0 Å². The quantitative estimate of drug-likeness (QED) is 0.586. The van der Waals surface area contributed by atoms with Crippen LogP contribution in [0.1, 0.15) is 46.2 Å². The van der Waals surface area contributed by atoms with Crippen molar-refractivity contribution in [2.75, 3.05) is 25.0 Å². The third-order valence-electron chi connectivity index (χ3n) is 4.43. The van der Waals surface area contributed by atoms with Crippen molar-refractivity contribution in [2.45, 2.75) is 52.2 Å². The van der Waals surface area contributed by atoms with Crippen molar-refractivity contribution < 1.29 is 14.5 Å². The summed E-state index contributed by atoms with van der Waals surface area (Å²) in [6.45, 7) is 8.58. The molecule has 1 aromatic rings. The monoisotopic (exact) mass is 376 g/mol. The van der Waals surface area contributed by atoms with Gasteiger partial charge in [-0.2, -0.15) is 0 Å². The maximum absolute atomic E-state index is 12.2. The number of likely N-dealkylation sites (tertiary alicyclic amines) is 1. The van der Waals surface area contributed by atoms with Crippen LogP contribution in [0.25, 0.3) is 6.08 Å². The molecule has 0 saturated carbocycles. The molecule has 0 atom stereocenters. The Balaban J connectivity index is 2.05. The predicted molar refractivity (Wildman–Crippen MR) is 105 cm³/mol. The number of piperidine rings is 1. The van der Waals surface area contributed by atoms with Gasteiger partial charge in [-0.25, -0.2) is 9.78 Å². The number of aromatic nitrogens is 1. The molecule has 2 rings (SSSR count). The van der Waals surface area contributed by atoms with E-state index in [0.717, 1.165) is 12.8 Å². The second-order valence-corrected chi connectivity index (χ2v) is 7.64. The second-order valence-electron chi connectivity index (χ2n) is 7.64. The topological polar surface area (TPSA) is 88.8 Å². The van der Waals surface area contributed by atoms with E-state index >= 15 is 0 Å². The fraction of sp³-hybridized carbons (Fsp3) is 0.579. The molecule has 2 heterocycles. The van der Waals surface area contributed by atoms with Gasteiger partial charge in [0.1, 0.15) is 17.1 Å². The van der Waals surface area contributed by atoms with E-state index in [1.54, 1.807) is 30.0 Å². The molecule has 0 aromatic carbocycles. The first-order chi connectivity index (χ1) is 12.6. The average Bonchev–Trinajstić information content (AvgIpc) is 2.60. The Labute approximate surface area is 160 Å². The van der Waals surface area contributed by atoms with Crippen LogP contribution in [-0.2, 0) is 4.74 Å². The first-order valence-corrected chi connectivity index (χ1v) is 9.11. The Hall–Kier alpha value is -2.64. The summed E-state index contributed by atoms with van der Waals surface area (Å²) in [5, 5.41) is 11.1. The van der Waals surface area contributed by atoms with Gasteiger partial charge >= 0.3 is 6.09 Å². The van der Waals surface area contributed by atoms with E-state index < -0.39 is 10.5 Å². The fourth-order valence-electron chi connectivity index (χ4n) is 3.04. The van der Waals surface area contributed by atoms with Crippen LogP contribution in [0, 0.1) is 10.1 Å². The molecule has 0 radical (unpaired) electrons. The van der Waals surface area contributed by atoms with Gasteiger partial charge < -0.3 is 14.5 Å². The largest absolute Gasteiger partial charge is 0.444 e. The normalized spacial score (nSPS) is 15.8. The molecular weight excluding hydrogens is 348 g/mol. The van der Waals surface area contributed by atoms with Gasteiger partial charge in [-0.05, 0) is 52.7 Å². The van der Waals surface area contributed by atoms with Crippen LogP contribution in [-0.4, -0.2) is 52.7 Å². The van der Waals surface area contributed by atoms with Crippen molar-refractivity contribution in [1.82, 2.24) is 9.88 Å². The zero-order valence-corrected chi connectivity index (χ0v) is 16.6. The van der Waals surface area contributed by atoms with Crippen molar-refractivity contribution >= 4 is 23.7 Å². The smallest absolute Gasteiger partial charge is 0.410 e. The number of amides is 1. The van der Waals surface area contributed by atoms with E-state index in [9.17, 15) is 14.9 Å². The Morgan fingerprint density at radius 3 is 2.52 bits per heavy atom. The summed E-state index contributed by atoms with van der Waals surface area (Å²) >= 11 is 0. The molecule has 1 aliphatic rings. The molecule has 1 aliphatic heterocycles. The molecule has 0 spiro atoms. The number of ether oxygens (including phenoxy) is 1. The molecule has 1 fully saturated rings. The molecule has 8 nitrogen and oxygen atoms in total. The number of nitro groups is 1. The van der Waals surface area contributed by atoms with Gasteiger partial charge in [0, 0.05) is 32.2 Å². The molecule has 0 bridgehead atoms. The van der Waals surface area contributed by atoms with E-state index in [1.807, 2.05) is 32.7 Å². The predicted octanol–water partition coefficient (Wildman–Crippen LogP) is 3.86. The first-order valence-electron chi connectivity index (χ1n) is 9.11. The van der Waals surface area contributed by atoms with Crippen molar-refractivity contribution in [2.24, 2.45) is 0 Å². The number of carbonyl (C=O) groups excluding carboxylic acids is 1. The lowest BCUT2D eigenvalue weighted by Crippen LogP contribution is -2.47. The van der Waals surface area contributed by atoms with Gasteiger partial charge in [-0.15, -0.1) is 0 Å². The maximum Gasteiger partial charge on any atom is 0.410 e. The Bertz CT molecular complexity index is 719. The summed E-state index contributed by atoms with van der Waals surface area (Å²) in [4.78, 5) is 31.1. The third kappa shape index (κ3) is 5.42. The van der Waals surface area contributed by atoms with E-state index in [0.29, 0.717) is 24.6 Å². The molecule has 27 heavy (non-hydrogen) atoms. The van der Waals surface area contributed by atoms with E-state index in [-0.39, 0.29) is 17.8 Å². The van der Waals surface area contributed by atoms with Crippen molar-refractivity contribution in [3.8, 4) is 0 Å². The SMILES string of the molecule is C/C=C/c1nc(N(C)C2CCN(C(=O)OC(C)(C)C)CC2)ccc1[N+](=O)[O-]. The van der Waals surface area contributed by atoms with Crippen molar-refractivity contribution in [1.29, 1.82) is 0 Å². The van der Waals surface area contributed by atoms with Crippen LogP contribution < -0.4 is 4.90 Å². The number of hydrogen-bond donors (Lipinski definition) is 0. The highest BCUT2D eigenvalue weighted by atomic mass is 16.6. The summed E-state index contributed by atoms with van der Waals surface area (Å²) in [6.07, 6.45) is 4.66. The van der Waals surface area contributed by atoms with Gasteiger partial charge in [0.2, 0.25) is 0 Å². The fourth-order valence-corrected chi connectivity index (χ4v) is 3.04. The minimum absolute atomic E-state index is 0.00926. The zero-order chi connectivity index (χ0) is 20.2. The third-order valence-corrected chi connectivity index (χ3v) is 4.43. The number of nitrogens with zero attached hydrogens (tertiary/aromatic N) is 4. The Morgan fingerprint density at radius 2 is 2.00 bits per heavy atom. The summed E-state index contributed by atoms with van der Waals surface area (Å²) < 4.78 is 5.43. The second kappa shape index (κ2) is 8.37. The molecular formula is C19H28N4O4. The van der Waals surface area contributed by atoms with Gasteiger partial charge in [0.25, 0.3) is 5.69 Å². The summed E-state index contributed by atoms with van der Waals surface area (Å²) in [6, 6.07) is 3.37. The highest BCUT2D eigenvalue weighted by Crippen LogP contribution is 2.26. The standard InChI is InChI=1S/C19H28N4O4/c1-6-7-15-16(23(25)26)8-9-17(20-15)21(5)14-10-12-22(13-11-14)18(24)27-19(2,3)4/h6-9,14H,10-13H2,1-5H3/b7-6+. The molecule has 8 heteroatoms. The minimum Gasteiger partial charge on any atom is -0.444 e. The highest BCUT2D eigenvalue weighted by Gasteiger charge is 2.29. The van der Waals surface area contributed by atoms with Crippen LogP contribution >= 0.6 is 0 Å². The first kappa shape index (κ1) is 20.7. The lowest BCUT2D eigenvalue weighted by atomic mass is 10.0. The van der Waals surface area contributed by atoms with E-state index in [2.05, 4.69) is 4.98 Å². The zero-order valence-electron chi connectivity index (χ0n) is 16.6. The number of anilines is 1. The highest BCUT2D eigenvalue weighted by molar-refractivity contribution is 5.68. The van der Waals surface area contributed by atoms with Crippen molar-refractivity contribution in [3.63, 3.8) is 0 Å². The molecule has 1 saturated heterocycles. The lowest BCUT2D eigenvalue weighted by molar-refractivity contribution is -0.385. The summed E-state index contributed by atoms with van der Waals surface area (Å²) in [5.74, 6) is 0.685. The van der Waals surface area contributed by atoms with E-state index in [1.165, 1.54) is 6.07 Å². The van der Waals surface area contributed by atoms with Crippen LogP contribution in [0.3, 0.4) is 0 Å². The number of pyridine rings is 1. The summed E-state index contributed by atoms with van der Waals surface area (Å²) in [7, 11) is 1.93. The average molecular weight is 376 g/mol. The number of allylic oxidation sites excluding steroid dienone is 1.